The van der Waals surface area contributed by atoms with Crippen molar-refractivity contribution >= 4 is 18.3 Å². The Kier molecular flexibility index (Phi) is 7.29. The first-order valence-electron chi connectivity index (χ1n) is 8.47. The molecule has 1 aliphatic heterocycles. The number of hydrogen-bond acceptors (Lipinski definition) is 3. The van der Waals surface area contributed by atoms with Crippen LogP contribution in [-0.4, -0.2) is 37.5 Å². The normalized spacial score (nSPS) is 16.4. The Morgan fingerprint density at radius 3 is 2.56 bits per heavy atom. The van der Waals surface area contributed by atoms with Gasteiger partial charge in [0.15, 0.2) is 0 Å². The lowest BCUT2D eigenvalue weighted by Crippen LogP contribution is -2.30. The summed E-state index contributed by atoms with van der Waals surface area (Å²) in [7, 11) is 1.96. The number of benzene rings is 2. The molecule has 2 aromatic carbocycles. The van der Waals surface area contributed by atoms with E-state index in [2.05, 4.69) is 5.32 Å². The first kappa shape index (κ1) is 19.3. The molecule has 0 aromatic heterocycles. The van der Waals surface area contributed by atoms with Crippen molar-refractivity contribution in [2.24, 2.45) is 5.92 Å². The molecule has 1 amide bonds. The van der Waals surface area contributed by atoms with Crippen LogP contribution in [0.4, 0.5) is 0 Å². The highest BCUT2D eigenvalue weighted by molar-refractivity contribution is 5.94. The van der Waals surface area contributed by atoms with E-state index >= 15 is 0 Å². The maximum absolute atomic E-state index is 12.6. The van der Waals surface area contributed by atoms with E-state index in [0.717, 1.165) is 42.9 Å². The fraction of sp³-hybridized carbons (Fsp3) is 0.350. The van der Waals surface area contributed by atoms with Gasteiger partial charge >= 0.3 is 0 Å². The fourth-order valence-electron chi connectivity index (χ4n) is 3.08. The summed E-state index contributed by atoms with van der Waals surface area (Å²) >= 11 is 0. The molecule has 3 rings (SSSR count). The van der Waals surface area contributed by atoms with E-state index in [9.17, 15) is 4.79 Å². The van der Waals surface area contributed by atoms with Gasteiger partial charge in [-0.2, -0.15) is 0 Å². The van der Waals surface area contributed by atoms with E-state index in [0.29, 0.717) is 12.5 Å². The molecule has 1 N–H and O–H groups in total. The second-order valence-corrected chi connectivity index (χ2v) is 6.26. The summed E-state index contributed by atoms with van der Waals surface area (Å²) in [6, 6.07) is 17.5. The summed E-state index contributed by atoms with van der Waals surface area (Å²) in [5.41, 5.74) is 1.81. The lowest BCUT2D eigenvalue weighted by molar-refractivity contribution is 0.0787. The Morgan fingerprint density at radius 2 is 1.88 bits per heavy atom. The number of likely N-dealkylation sites (tertiary alicyclic amines) is 1. The highest BCUT2D eigenvalue weighted by Gasteiger charge is 2.26. The number of nitrogens with one attached hydrogen (secondary N) is 1. The van der Waals surface area contributed by atoms with Crippen LogP contribution in [0.5, 0.6) is 5.75 Å². The lowest BCUT2D eigenvalue weighted by atomic mass is 10.1. The number of rotatable bonds is 6. The Labute approximate surface area is 155 Å². The molecule has 0 bridgehead atoms. The fourth-order valence-corrected chi connectivity index (χ4v) is 3.08. The van der Waals surface area contributed by atoms with Crippen LogP contribution in [0.25, 0.3) is 0 Å². The Morgan fingerprint density at radius 1 is 1.16 bits per heavy atom. The molecule has 1 unspecified atom stereocenters. The molecule has 2 aromatic rings. The molecule has 1 heterocycles. The van der Waals surface area contributed by atoms with Gasteiger partial charge in [-0.15, -0.1) is 12.4 Å². The molecular weight excluding hydrogens is 336 g/mol. The minimum Gasteiger partial charge on any atom is -0.489 e. The van der Waals surface area contributed by atoms with Crippen molar-refractivity contribution in [1.29, 1.82) is 0 Å². The van der Waals surface area contributed by atoms with Gasteiger partial charge < -0.3 is 15.0 Å². The molecule has 0 spiro atoms. The third-order valence-corrected chi connectivity index (χ3v) is 4.42. The number of hydrogen-bond donors (Lipinski definition) is 1. The van der Waals surface area contributed by atoms with Gasteiger partial charge in [0, 0.05) is 18.7 Å². The quantitative estimate of drug-likeness (QED) is 0.858. The molecule has 1 atom stereocenters. The maximum atomic E-state index is 12.6. The van der Waals surface area contributed by atoms with Gasteiger partial charge in [-0.25, -0.2) is 0 Å². The topological polar surface area (TPSA) is 41.6 Å². The third kappa shape index (κ3) is 5.21. The van der Waals surface area contributed by atoms with Crippen LogP contribution < -0.4 is 10.1 Å². The predicted molar refractivity (Wildman–Crippen MR) is 102 cm³/mol. The lowest BCUT2D eigenvalue weighted by Gasteiger charge is -2.17. The zero-order chi connectivity index (χ0) is 16.8. The number of para-hydroxylation sites is 1. The van der Waals surface area contributed by atoms with Crippen LogP contribution in [0.15, 0.2) is 54.6 Å². The van der Waals surface area contributed by atoms with Crippen LogP contribution in [0.2, 0.25) is 0 Å². The van der Waals surface area contributed by atoms with E-state index in [1.165, 1.54) is 0 Å². The molecule has 4 nitrogen and oxygen atoms in total. The molecule has 1 fully saturated rings. The highest BCUT2D eigenvalue weighted by Crippen LogP contribution is 2.19. The van der Waals surface area contributed by atoms with Crippen molar-refractivity contribution in [2.75, 3.05) is 26.7 Å². The summed E-state index contributed by atoms with van der Waals surface area (Å²) in [5.74, 6) is 1.55. The third-order valence-electron chi connectivity index (χ3n) is 4.42. The van der Waals surface area contributed by atoms with Gasteiger partial charge in [0.1, 0.15) is 12.4 Å². The van der Waals surface area contributed by atoms with Crippen LogP contribution in [0.3, 0.4) is 0 Å². The average molecular weight is 361 g/mol. The van der Waals surface area contributed by atoms with Crippen LogP contribution in [0.1, 0.15) is 22.3 Å². The minimum atomic E-state index is 0. The number of nitrogens with zero attached hydrogens (tertiary/aromatic N) is 1. The van der Waals surface area contributed by atoms with Crippen molar-refractivity contribution in [3.05, 3.63) is 65.7 Å². The first-order chi connectivity index (χ1) is 11.8. The molecule has 1 saturated heterocycles. The number of ether oxygens (including phenoxy) is 1. The Bertz CT molecular complexity index is 661. The van der Waals surface area contributed by atoms with Crippen LogP contribution >= 0.6 is 12.4 Å². The van der Waals surface area contributed by atoms with Crippen molar-refractivity contribution < 1.29 is 9.53 Å². The van der Waals surface area contributed by atoms with Gasteiger partial charge in [-0.1, -0.05) is 30.3 Å². The van der Waals surface area contributed by atoms with E-state index in [1.54, 1.807) is 0 Å². The monoisotopic (exact) mass is 360 g/mol. The van der Waals surface area contributed by atoms with Gasteiger partial charge in [-0.3, -0.25) is 4.79 Å². The second kappa shape index (κ2) is 9.44. The minimum absolute atomic E-state index is 0. The zero-order valence-electron chi connectivity index (χ0n) is 14.5. The number of carbonyl (C=O) groups excluding carboxylic acids is 1. The summed E-state index contributed by atoms with van der Waals surface area (Å²) in [6.07, 6.45) is 1.08. The van der Waals surface area contributed by atoms with E-state index in [1.807, 2.05) is 66.5 Å². The Balaban J connectivity index is 0.00000225. The van der Waals surface area contributed by atoms with Gasteiger partial charge in [0.2, 0.25) is 0 Å². The molecular formula is C20H25ClN2O2. The van der Waals surface area contributed by atoms with Gasteiger partial charge in [0.25, 0.3) is 5.91 Å². The average Bonchev–Trinajstić information content (AvgIpc) is 3.10. The number of carbonyl (C=O) groups is 1. The highest BCUT2D eigenvalue weighted by atomic mass is 35.5. The SMILES string of the molecule is CNCC1CCN(C(=O)c2ccc(COc3ccccc3)cc2)C1.Cl. The molecule has 25 heavy (non-hydrogen) atoms. The summed E-state index contributed by atoms with van der Waals surface area (Å²) < 4.78 is 5.73. The number of amides is 1. The van der Waals surface area contributed by atoms with Crippen LogP contribution in [-0.2, 0) is 6.61 Å². The summed E-state index contributed by atoms with van der Waals surface area (Å²) in [6.45, 7) is 3.18. The molecule has 134 valence electrons. The Hall–Kier alpha value is -2.04. The van der Waals surface area contributed by atoms with E-state index < -0.39 is 0 Å². The molecule has 0 saturated carbocycles. The van der Waals surface area contributed by atoms with E-state index in [-0.39, 0.29) is 18.3 Å². The smallest absolute Gasteiger partial charge is 0.253 e. The van der Waals surface area contributed by atoms with Crippen molar-refractivity contribution in [3.63, 3.8) is 0 Å². The standard InChI is InChI=1S/C20H24N2O2.ClH/c1-21-13-17-11-12-22(14-17)20(23)18-9-7-16(8-10-18)15-24-19-5-3-2-4-6-19;/h2-10,17,21H,11-15H2,1H3;1H. The second-order valence-electron chi connectivity index (χ2n) is 6.26. The molecule has 0 radical (unpaired) electrons. The first-order valence-corrected chi connectivity index (χ1v) is 8.47. The van der Waals surface area contributed by atoms with Crippen molar-refractivity contribution in [1.82, 2.24) is 10.2 Å². The van der Waals surface area contributed by atoms with Crippen molar-refractivity contribution in [2.45, 2.75) is 13.0 Å². The van der Waals surface area contributed by atoms with Crippen molar-refractivity contribution in [3.8, 4) is 5.75 Å². The zero-order valence-corrected chi connectivity index (χ0v) is 15.3. The summed E-state index contributed by atoms with van der Waals surface area (Å²) in [5, 5.41) is 3.19. The summed E-state index contributed by atoms with van der Waals surface area (Å²) in [4.78, 5) is 14.5. The van der Waals surface area contributed by atoms with Gasteiger partial charge in [0.05, 0.1) is 0 Å². The maximum Gasteiger partial charge on any atom is 0.253 e. The van der Waals surface area contributed by atoms with E-state index in [4.69, 9.17) is 4.74 Å². The number of halogens is 1. The largest absolute Gasteiger partial charge is 0.489 e. The molecule has 1 aliphatic rings. The predicted octanol–water partition coefficient (Wildman–Crippen LogP) is 3.37. The van der Waals surface area contributed by atoms with Crippen LogP contribution in [0, 0.1) is 5.92 Å². The van der Waals surface area contributed by atoms with Gasteiger partial charge in [-0.05, 0) is 55.8 Å². The molecule has 0 aliphatic carbocycles. The molecule has 5 heteroatoms.